The third-order valence-electron chi connectivity index (χ3n) is 11.9. The molecule has 11 aromatic rings. The number of para-hydroxylation sites is 1. The monoisotopic (exact) mass is 805 g/mol. The van der Waals surface area contributed by atoms with Gasteiger partial charge in [-0.2, -0.15) is 0 Å². The van der Waals surface area contributed by atoms with E-state index in [1.54, 1.807) is 0 Å². The van der Waals surface area contributed by atoms with Crippen LogP contribution in [0.1, 0.15) is 0 Å². The number of aromatic nitrogens is 3. The van der Waals surface area contributed by atoms with Gasteiger partial charge in [-0.25, -0.2) is 0 Å². The number of hydrogen-bond donors (Lipinski definition) is 0. The molecule has 0 amide bonds. The Kier molecular flexibility index (Phi) is 7.28. The fourth-order valence-electron chi connectivity index (χ4n) is 9.49. The minimum absolute atomic E-state index is 0.733. The molecule has 1 aliphatic rings. The molecule has 266 valence electrons. The summed E-state index contributed by atoms with van der Waals surface area (Å²) in [6.45, 7) is 0. The second-order valence-electron chi connectivity index (χ2n) is 14.9. The molecule has 12 rings (SSSR count). The molecular formula is C52H33GeN3S. The molecule has 0 N–H and O–H groups in total. The number of benzene rings is 8. The van der Waals surface area contributed by atoms with Gasteiger partial charge in [0.1, 0.15) is 0 Å². The fraction of sp³-hybridized carbons (Fsp3) is 0. The van der Waals surface area contributed by atoms with E-state index in [0.717, 1.165) is 34.0 Å². The molecule has 0 saturated heterocycles. The molecule has 1 aliphatic heterocycles. The van der Waals surface area contributed by atoms with Gasteiger partial charge in [0.25, 0.3) is 0 Å². The zero-order valence-corrected chi connectivity index (χ0v) is 33.7. The van der Waals surface area contributed by atoms with Crippen molar-refractivity contribution in [3.05, 3.63) is 200 Å². The Hall–Kier alpha value is -6.60. The van der Waals surface area contributed by atoms with Gasteiger partial charge in [0.05, 0.1) is 0 Å². The van der Waals surface area contributed by atoms with Crippen LogP contribution >= 0.6 is 11.3 Å². The van der Waals surface area contributed by atoms with Crippen molar-refractivity contribution in [1.82, 2.24) is 14.5 Å². The topological polar surface area (TPSA) is 30.7 Å². The molecule has 0 aliphatic carbocycles. The quantitative estimate of drug-likeness (QED) is 0.162. The van der Waals surface area contributed by atoms with Gasteiger partial charge in [0.2, 0.25) is 0 Å². The van der Waals surface area contributed by atoms with Crippen molar-refractivity contribution in [2.45, 2.75) is 0 Å². The van der Waals surface area contributed by atoms with Crippen LogP contribution in [0, 0.1) is 0 Å². The van der Waals surface area contributed by atoms with Crippen LogP contribution in [0.4, 0.5) is 0 Å². The van der Waals surface area contributed by atoms with Crippen LogP contribution in [0.25, 0.3) is 81.6 Å². The summed E-state index contributed by atoms with van der Waals surface area (Å²) in [6.07, 6.45) is 0. The van der Waals surface area contributed by atoms with Gasteiger partial charge in [-0.1, -0.05) is 18.2 Å². The van der Waals surface area contributed by atoms with Crippen molar-refractivity contribution in [3.8, 4) is 39.6 Å². The van der Waals surface area contributed by atoms with Crippen molar-refractivity contribution in [2.24, 2.45) is 0 Å². The Bertz CT molecular complexity index is 3310. The molecule has 0 bridgehead atoms. The van der Waals surface area contributed by atoms with E-state index in [-0.39, 0.29) is 0 Å². The second-order valence-corrected chi connectivity index (χ2v) is 23.7. The minimum atomic E-state index is -3.64. The van der Waals surface area contributed by atoms with Crippen LogP contribution in [0.5, 0.6) is 0 Å². The van der Waals surface area contributed by atoms with Gasteiger partial charge >= 0.3 is 304 Å². The average Bonchev–Trinajstić information content (AvgIpc) is 3.92. The van der Waals surface area contributed by atoms with Crippen LogP contribution in [0.2, 0.25) is 0 Å². The number of hydrogen-bond acceptors (Lipinski definition) is 3. The summed E-state index contributed by atoms with van der Waals surface area (Å²) in [5, 5.41) is 5.13. The van der Waals surface area contributed by atoms with Gasteiger partial charge in [-0.05, 0) is 6.07 Å². The average molecular weight is 805 g/mol. The number of thiophene rings is 1. The van der Waals surface area contributed by atoms with Crippen LogP contribution < -0.4 is 17.6 Å². The molecule has 0 saturated carbocycles. The second kappa shape index (κ2) is 12.7. The molecule has 0 unspecified atom stereocenters. The molecule has 4 heterocycles. The van der Waals surface area contributed by atoms with E-state index in [1.807, 2.05) is 11.3 Å². The van der Waals surface area contributed by atoms with Crippen molar-refractivity contribution in [2.75, 3.05) is 0 Å². The van der Waals surface area contributed by atoms with Gasteiger partial charge in [0.15, 0.2) is 0 Å². The van der Waals surface area contributed by atoms with E-state index in [1.165, 1.54) is 65.1 Å². The Morgan fingerprint density at radius 3 is 1.84 bits per heavy atom. The summed E-state index contributed by atoms with van der Waals surface area (Å²) >= 11 is -1.77. The standard InChI is InChI=1S/C52H33GeN3S/c1-4-17-34(18-5-1)50-49-51(41-27-10-13-28-44(41)53(49,36-20-6-2-7-21-36)37-22-8-3-9-23-37)55-52(54-50)35-19-16-24-38(31-35)56-45-29-14-11-25-39(45)42-32-43-40-26-12-15-30-47(40)57-48(43)33-46(42)56/h1-33H. The van der Waals surface area contributed by atoms with Crippen LogP contribution in [-0.4, -0.2) is 27.8 Å². The van der Waals surface area contributed by atoms with E-state index in [2.05, 4.69) is 205 Å². The van der Waals surface area contributed by atoms with Gasteiger partial charge in [0, 0.05) is 10.1 Å². The van der Waals surface area contributed by atoms with Crippen LogP contribution in [0.3, 0.4) is 0 Å². The Morgan fingerprint density at radius 1 is 0.421 bits per heavy atom. The molecule has 0 radical (unpaired) electrons. The van der Waals surface area contributed by atoms with Crippen molar-refractivity contribution in [1.29, 1.82) is 0 Å². The fourth-order valence-corrected chi connectivity index (χ4v) is 21.6. The molecule has 3 aromatic heterocycles. The molecule has 8 aromatic carbocycles. The predicted octanol–water partition coefficient (Wildman–Crippen LogP) is 10.6. The van der Waals surface area contributed by atoms with E-state index >= 15 is 0 Å². The van der Waals surface area contributed by atoms with Gasteiger partial charge < -0.3 is 0 Å². The zero-order valence-electron chi connectivity index (χ0n) is 30.8. The van der Waals surface area contributed by atoms with E-state index in [9.17, 15) is 0 Å². The molecule has 5 heteroatoms. The molecule has 3 nitrogen and oxygen atoms in total. The van der Waals surface area contributed by atoms with Crippen molar-refractivity contribution in [3.63, 3.8) is 0 Å². The van der Waals surface area contributed by atoms with E-state index in [4.69, 9.17) is 9.97 Å². The maximum atomic E-state index is 5.65. The van der Waals surface area contributed by atoms with E-state index < -0.39 is 13.3 Å². The first-order chi connectivity index (χ1) is 28.3. The summed E-state index contributed by atoms with van der Waals surface area (Å²) in [4.78, 5) is 11.3. The third-order valence-corrected chi connectivity index (χ3v) is 23.2. The number of fused-ring (bicyclic) bond motifs is 9. The molecular weight excluding hydrogens is 771 g/mol. The SMILES string of the molecule is c1ccc(-c2nc(-c3cccc(-n4c5ccccc5c5cc6c(cc54)sc4ccccc46)c3)nc3[c]2[Ge]([c]2ccccc2)([c]2ccccc2)[c]2ccccc2-3)cc1. The van der Waals surface area contributed by atoms with Gasteiger partial charge in [-0.15, -0.1) is 0 Å². The summed E-state index contributed by atoms with van der Waals surface area (Å²) in [5.41, 5.74) is 8.86. The first-order valence-corrected chi connectivity index (χ1v) is 24.4. The first-order valence-electron chi connectivity index (χ1n) is 19.4. The normalized spacial score (nSPS) is 13.1. The maximum absolute atomic E-state index is 5.65. The number of nitrogens with zero attached hydrogens (tertiary/aromatic N) is 3. The molecule has 0 atom stereocenters. The zero-order chi connectivity index (χ0) is 37.5. The van der Waals surface area contributed by atoms with Gasteiger partial charge in [-0.3, -0.25) is 0 Å². The summed E-state index contributed by atoms with van der Waals surface area (Å²) in [6, 6.07) is 73.3. The Balaban J connectivity index is 1.13. The Labute approximate surface area is 336 Å². The van der Waals surface area contributed by atoms with Crippen molar-refractivity contribution >= 4 is 84.2 Å². The molecule has 57 heavy (non-hydrogen) atoms. The third kappa shape index (κ3) is 4.78. The summed E-state index contributed by atoms with van der Waals surface area (Å²) in [5.74, 6) is 0.733. The number of rotatable bonds is 5. The van der Waals surface area contributed by atoms with Crippen LogP contribution in [-0.2, 0) is 0 Å². The predicted molar refractivity (Wildman–Crippen MR) is 243 cm³/mol. The summed E-state index contributed by atoms with van der Waals surface area (Å²) < 4.78 is 10.5. The molecule has 0 spiro atoms. The Morgan fingerprint density at radius 2 is 1.05 bits per heavy atom. The van der Waals surface area contributed by atoms with Crippen LogP contribution in [0.15, 0.2) is 200 Å². The molecule has 0 fully saturated rings. The van der Waals surface area contributed by atoms with E-state index in [0.29, 0.717) is 0 Å². The first kappa shape index (κ1) is 32.6. The van der Waals surface area contributed by atoms with Crippen molar-refractivity contribution < 1.29 is 0 Å². The summed E-state index contributed by atoms with van der Waals surface area (Å²) in [7, 11) is 0.